The van der Waals surface area contributed by atoms with Gasteiger partial charge in [0, 0.05) is 24.8 Å². The summed E-state index contributed by atoms with van der Waals surface area (Å²) in [6.45, 7) is 4.42. The number of nitrogens with zero attached hydrogens (tertiary/aromatic N) is 3. The first kappa shape index (κ1) is 29.9. The van der Waals surface area contributed by atoms with Crippen molar-refractivity contribution < 1.29 is 26.0 Å². The Morgan fingerprint density at radius 2 is 1.68 bits per heavy atom. The van der Waals surface area contributed by atoms with Crippen molar-refractivity contribution in [3.8, 4) is 0 Å². The fourth-order valence-corrected chi connectivity index (χ4v) is 6.88. The van der Waals surface area contributed by atoms with E-state index < -0.39 is 25.9 Å². The molecule has 0 aliphatic carbocycles. The van der Waals surface area contributed by atoms with Crippen molar-refractivity contribution in [2.45, 2.75) is 36.4 Å². The lowest BCUT2D eigenvalue weighted by atomic mass is 10.2. The number of nitrogens with one attached hydrogen (secondary N) is 4. The number of carbonyl (C=O) groups is 1. The summed E-state index contributed by atoms with van der Waals surface area (Å²) in [4.78, 5) is 23.2. The van der Waals surface area contributed by atoms with Crippen LogP contribution in [0.5, 0.6) is 0 Å². The molecule has 0 saturated carbocycles. The highest BCUT2D eigenvalue weighted by Gasteiger charge is 2.22. The normalized spacial score (nSPS) is 11.7. The minimum Gasteiger partial charge on any atom is -0.338 e. The van der Waals surface area contributed by atoms with Crippen LogP contribution in [-0.4, -0.2) is 37.7 Å². The molecule has 6 N–H and O–H groups in total. The summed E-state index contributed by atoms with van der Waals surface area (Å²) >= 11 is 0.850. The van der Waals surface area contributed by atoms with Gasteiger partial charge in [-0.15, -0.1) is 0 Å². The van der Waals surface area contributed by atoms with E-state index in [4.69, 9.17) is 5.14 Å². The molecule has 0 radical (unpaired) electrons. The summed E-state index contributed by atoms with van der Waals surface area (Å²) in [5.74, 6) is -1.24. The Kier molecular flexibility index (Phi) is 8.64. The zero-order valence-electron chi connectivity index (χ0n) is 21.9. The maximum Gasteiger partial charge on any atom is 0.252 e. The average Bonchev–Trinajstić information content (AvgIpc) is 3.26. The van der Waals surface area contributed by atoms with Crippen LogP contribution in [0.15, 0.2) is 57.8 Å². The number of carbonyl (C=O) groups excluding carboxylic acids is 1. The van der Waals surface area contributed by atoms with Gasteiger partial charge in [-0.1, -0.05) is 29.5 Å². The van der Waals surface area contributed by atoms with Gasteiger partial charge in [0.1, 0.15) is 0 Å². The predicted octanol–water partition coefficient (Wildman–Crippen LogP) is 3.26. The number of thiazole rings is 1. The Morgan fingerprint density at radius 3 is 2.34 bits per heavy atom. The zero-order valence-corrected chi connectivity index (χ0v) is 24.3. The van der Waals surface area contributed by atoms with Crippen LogP contribution in [0.25, 0.3) is 0 Å². The first-order valence-electron chi connectivity index (χ1n) is 11.7. The Labute approximate surface area is 239 Å². The van der Waals surface area contributed by atoms with Gasteiger partial charge in [-0.2, -0.15) is 4.98 Å². The SMILES string of the molecule is CC(=O)Nc1nc(C)c(S(=O)(=O)NCc2ccc(Nc3nc(Nc4ccc(C)c(S(N)(=O)=O)c4)ncc3F)cc2)s1. The fraction of sp³-hybridized carbons (Fsp3) is 0.167. The first-order chi connectivity index (χ1) is 19.2. The lowest BCUT2D eigenvalue weighted by molar-refractivity contribution is -0.114. The van der Waals surface area contributed by atoms with Crippen LogP contribution in [0.1, 0.15) is 23.7 Å². The number of amides is 1. The second kappa shape index (κ2) is 11.8. The standard InChI is InChI=1S/C24H25FN8O5S3/c1-13-4-7-18(10-20(13)40(26,35)36)32-23-27-12-19(25)21(33-23)31-17-8-5-16(6-9-17)11-28-41(37,38)22-14(2)29-24(39-22)30-15(3)34/h4-10,12,28H,11H2,1-3H3,(H2,26,35,36)(H,29,30,34)(H2,27,31,32,33). The molecule has 1 amide bonds. The molecule has 0 unspecified atom stereocenters. The van der Waals surface area contributed by atoms with Gasteiger partial charge in [-0.25, -0.2) is 41.1 Å². The van der Waals surface area contributed by atoms with Crippen molar-refractivity contribution >= 4 is 65.6 Å². The number of primary sulfonamides is 1. The van der Waals surface area contributed by atoms with Gasteiger partial charge in [0.25, 0.3) is 10.0 Å². The molecule has 0 spiro atoms. The third-order valence-corrected chi connectivity index (χ3v) is 9.60. The first-order valence-corrected chi connectivity index (χ1v) is 15.6. The molecule has 2 heterocycles. The highest BCUT2D eigenvalue weighted by molar-refractivity contribution is 7.91. The summed E-state index contributed by atoms with van der Waals surface area (Å²) in [6.07, 6.45) is 0.953. The second-order valence-electron chi connectivity index (χ2n) is 8.76. The molecular formula is C24H25FN8O5S3. The molecule has 13 nitrogen and oxygen atoms in total. The number of hydrogen-bond donors (Lipinski definition) is 5. The van der Waals surface area contributed by atoms with E-state index in [1.165, 1.54) is 19.9 Å². The van der Waals surface area contributed by atoms with Crippen molar-refractivity contribution in [2.75, 3.05) is 16.0 Å². The highest BCUT2D eigenvalue weighted by Crippen LogP contribution is 2.27. The zero-order chi connectivity index (χ0) is 29.9. The lowest BCUT2D eigenvalue weighted by Gasteiger charge is -2.11. The van der Waals surface area contributed by atoms with Crippen LogP contribution in [0.4, 0.5) is 32.7 Å². The van der Waals surface area contributed by atoms with Gasteiger partial charge >= 0.3 is 0 Å². The van der Waals surface area contributed by atoms with Crippen LogP contribution in [-0.2, 0) is 31.4 Å². The molecule has 0 bridgehead atoms. The topological polar surface area (TPSA) is 198 Å². The molecule has 2 aromatic heterocycles. The minimum absolute atomic E-state index is 0.00386. The van der Waals surface area contributed by atoms with Crippen molar-refractivity contribution in [1.29, 1.82) is 0 Å². The number of sulfonamides is 2. The van der Waals surface area contributed by atoms with E-state index in [0.29, 0.717) is 22.5 Å². The Morgan fingerprint density at radius 1 is 1.00 bits per heavy atom. The molecule has 0 fully saturated rings. The molecular weight excluding hydrogens is 596 g/mol. The van der Waals surface area contributed by atoms with Crippen molar-refractivity contribution in [1.82, 2.24) is 19.7 Å². The average molecular weight is 621 g/mol. The molecule has 17 heteroatoms. The largest absolute Gasteiger partial charge is 0.338 e. The predicted molar refractivity (Wildman–Crippen MR) is 153 cm³/mol. The van der Waals surface area contributed by atoms with Gasteiger partial charge in [0.2, 0.25) is 21.9 Å². The summed E-state index contributed by atoms with van der Waals surface area (Å²) in [7, 11) is -7.83. The Balaban J connectivity index is 1.43. The highest BCUT2D eigenvalue weighted by atomic mass is 32.2. The molecule has 0 aliphatic heterocycles. The summed E-state index contributed by atoms with van der Waals surface area (Å²) in [5.41, 5.74) is 2.15. The minimum atomic E-state index is -3.95. The fourth-order valence-electron chi connectivity index (χ4n) is 3.55. The number of hydrogen-bond acceptors (Lipinski definition) is 11. The Bertz CT molecular complexity index is 1830. The van der Waals surface area contributed by atoms with Crippen molar-refractivity contribution in [3.63, 3.8) is 0 Å². The summed E-state index contributed by atoms with van der Waals surface area (Å²) in [6, 6.07) is 11.0. The van der Waals surface area contributed by atoms with E-state index in [9.17, 15) is 26.0 Å². The molecule has 2 aromatic carbocycles. The molecule has 0 atom stereocenters. The molecule has 4 aromatic rings. The van der Waals surface area contributed by atoms with Crippen molar-refractivity contribution in [3.05, 3.63) is 71.3 Å². The van der Waals surface area contributed by atoms with Gasteiger partial charge < -0.3 is 16.0 Å². The van der Waals surface area contributed by atoms with Gasteiger partial charge in [-0.3, -0.25) is 4.79 Å². The molecule has 0 aliphatic rings. The van der Waals surface area contributed by atoms with Gasteiger partial charge in [-0.05, 0) is 49.2 Å². The number of benzene rings is 2. The number of aromatic nitrogens is 3. The third kappa shape index (κ3) is 7.59. The maximum atomic E-state index is 14.4. The molecule has 4 rings (SSSR count). The van der Waals surface area contributed by atoms with Crippen LogP contribution in [0, 0.1) is 19.7 Å². The molecule has 216 valence electrons. The quantitative estimate of drug-likeness (QED) is 0.175. The van der Waals surface area contributed by atoms with E-state index in [-0.39, 0.29) is 44.1 Å². The van der Waals surface area contributed by atoms with Gasteiger partial charge in [0.15, 0.2) is 21.0 Å². The van der Waals surface area contributed by atoms with Gasteiger partial charge in [0.05, 0.1) is 16.8 Å². The monoisotopic (exact) mass is 620 g/mol. The number of halogens is 1. The maximum absolute atomic E-state index is 14.4. The van der Waals surface area contributed by atoms with Crippen LogP contribution in [0.2, 0.25) is 0 Å². The van der Waals surface area contributed by atoms with Crippen LogP contribution >= 0.6 is 11.3 Å². The Hall–Kier alpha value is -4.03. The van der Waals surface area contributed by atoms with E-state index >= 15 is 0 Å². The van der Waals surface area contributed by atoms with Crippen molar-refractivity contribution in [2.24, 2.45) is 5.14 Å². The van der Waals surface area contributed by atoms with E-state index in [1.54, 1.807) is 43.3 Å². The summed E-state index contributed by atoms with van der Waals surface area (Å²) < 4.78 is 66.0. The second-order valence-corrected chi connectivity index (χ2v) is 13.3. The van der Waals surface area contributed by atoms with E-state index in [0.717, 1.165) is 17.5 Å². The smallest absolute Gasteiger partial charge is 0.252 e. The lowest BCUT2D eigenvalue weighted by Crippen LogP contribution is -2.23. The number of anilines is 5. The van der Waals surface area contributed by atoms with E-state index in [1.807, 2.05) is 0 Å². The third-order valence-electron chi connectivity index (χ3n) is 5.46. The molecule has 0 saturated heterocycles. The van der Waals surface area contributed by atoms with E-state index in [2.05, 4.69) is 35.6 Å². The summed E-state index contributed by atoms with van der Waals surface area (Å²) in [5, 5.41) is 13.6. The number of rotatable bonds is 10. The molecule has 41 heavy (non-hydrogen) atoms. The van der Waals surface area contributed by atoms with Crippen LogP contribution in [0.3, 0.4) is 0 Å². The van der Waals surface area contributed by atoms with Crippen LogP contribution < -0.4 is 25.8 Å². The number of nitrogens with two attached hydrogens (primary N) is 1. The number of aryl methyl sites for hydroxylation is 2.